The van der Waals surface area contributed by atoms with Gasteiger partial charge in [0.2, 0.25) is 0 Å². The van der Waals surface area contributed by atoms with Crippen LogP contribution < -0.4 is 16.8 Å². The van der Waals surface area contributed by atoms with Gasteiger partial charge in [0.15, 0.2) is 0 Å². The molecule has 0 atom stereocenters. The van der Waals surface area contributed by atoms with Crippen LogP contribution in [0.25, 0.3) is 10.9 Å². The van der Waals surface area contributed by atoms with E-state index in [1.54, 1.807) is 18.3 Å². The van der Waals surface area contributed by atoms with Gasteiger partial charge in [0.05, 0.1) is 16.9 Å². The zero-order chi connectivity index (χ0) is 13.2. The number of benzene rings is 1. The maximum Gasteiger partial charge on any atom is 0.149 e. The summed E-state index contributed by atoms with van der Waals surface area (Å²) in [6, 6.07) is 13.4. The Balaban J connectivity index is 2.03. The van der Waals surface area contributed by atoms with Gasteiger partial charge in [-0.3, -0.25) is 4.98 Å². The second kappa shape index (κ2) is 4.45. The van der Waals surface area contributed by atoms with E-state index in [2.05, 4.69) is 15.3 Å². The summed E-state index contributed by atoms with van der Waals surface area (Å²) >= 11 is 0. The molecular weight excluding hydrogens is 238 g/mol. The van der Waals surface area contributed by atoms with E-state index in [0.717, 1.165) is 16.6 Å². The van der Waals surface area contributed by atoms with Gasteiger partial charge < -0.3 is 16.8 Å². The molecule has 0 saturated carbocycles. The molecule has 0 unspecified atom stereocenters. The van der Waals surface area contributed by atoms with Crippen molar-refractivity contribution < 1.29 is 0 Å². The summed E-state index contributed by atoms with van der Waals surface area (Å²) in [7, 11) is 0. The number of aromatic nitrogens is 2. The molecule has 0 aliphatic heterocycles. The molecule has 0 aliphatic rings. The molecule has 94 valence electrons. The van der Waals surface area contributed by atoms with E-state index in [9.17, 15) is 0 Å². The molecule has 5 heteroatoms. The first-order chi connectivity index (χ1) is 9.24. The summed E-state index contributed by atoms with van der Waals surface area (Å²) in [5.41, 5.74) is 13.6. The van der Waals surface area contributed by atoms with Gasteiger partial charge in [-0.15, -0.1) is 0 Å². The minimum atomic E-state index is 0.318. The monoisotopic (exact) mass is 251 g/mol. The van der Waals surface area contributed by atoms with Gasteiger partial charge in [0, 0.05) is 11.6 Å². The van der Waals surface area contributed by atoms with Crippen molar-refractivity contribution in [2.75, 3.05) is 16.8 Å². The molecule has 2 aromatic heterocycles. The molecule has 5 N–H and O–H groups in total. The second-order valence-electron chi connectivity index (χ2n) is 4.18. The minimum absolute atomic E-state index is 0.318. The molecule has 19 heavy (non-hydrogen) atoms. The number of rotatable bonds is 2. The van der Waals surface area contributed by atoms with Gasteiger partial charge in [-0.25, -0.2) is 4.98 Å². The summed E-state index contributed by atoms with van der Waals surface area (Å²) in [6.45, 7) is 0. The Bertz CT molecular complexity index is 733. The molecule has 0 spiro atoms. The van der Waals surface area contributed by atoms with Gasteiger partial charge in [-0.2, -0.15) is 0 Å². The van der Waals surface area contributed by atoms with E-state index < -0.39 is 0 Å². The molecule has 0 radical (unpaired) electrons. The molecule has 0 saturated heterocycles. The molecular formula is C14H13N5. The maximum absolute atomic E-state index is 5.70. The summed E-state index contributed by atoms with van der Waals surface area (Å²) < 4.78 is 0. The molecule has 1 aromatic carbocycles. The van der Waals surface area contributed by atoms with Crippen LogP contribution in [0.15, 0.2) is 48.7 Å². The smallest absolute Gasteiger partial charge is 0.149 e. The molecule has 0 aliphatic carbocycles. The highest BCUT2D eigenvalue weighted by Gasteiger charge is 2.04. The van der Waals surface area contributed by atoms with Gasteiger partial charge in [0.1, 0.15) is 11.6 Å². The van der Waals surface area contributed by atoms with E-state index in [0.29, 0.717) is 17.3 Å². The normalized spacial score (nSPS) is 10.5. The van der Waals surface area contributed by atoms with Crippen molar-refractivity contribution in [3.63, 3.8) is 0 Å². The number of fused-ring (bicyclic) bond motifs is 1. The summed E-state index contributed by atoms with van der Waals surface area (Å²) in [4.78, 5) is 8.56. The Morgan fingerprint density at radius 3 is 2.63 bits per heavy atom. The highest BCUT2D eigenvalue weighted by Crippen LogP contribution is 2.24. The SMILES string of the molecule is Nc1ccc(Nc2cccc3cccnc23)nc1N. The van der Waals surface area contributed by atoms with Gasteiger partial charge in [0.25, 0.3) is 0 Å². The average Bonchev–Trinajstić information content (AvgIpc) is 2.43. The van der Waals surface area contributed by atoms with Crippen molar-refractivity contribution >= 4 is 33.9 Å². The van der Waals surface area contributed by atoms with Gasteiger partial charge in [-0.1, -0.05) is 18.2 Å². The maximum atomic E-state index is 5.70. The Kier molecular flexibility index (Phi) is 2.64. The third kappa shape index (κ3) is 2.13. The number of nitrogens with one attached hydrogen (secondary N) is 1. The Morgan fingerprint density at radius 1 is 0.947 bits per heavy atom. The van der Waals surface area contributed by atoms with Crippen LogP contribution in [0.3, 0.4) is 0 Å². The van der Waals surface area contributed by atoms with E-state index in [-0.39, 0.29) is 0 Å². The highest BCUT2D eigenvalue weighted by atomic mass is 15.0. The van der Waals surface area contributed by atoms with Crippen molar-refractivity contribution in [2.45, 2.75) is 0 Å². The first kappa shape index (κ1) is 11.3. The summed E-state index contributed by atoms with van der Waals surface area (Å²) in [5, 5.41) is 4.27. The van der Waals surface area contributed by atoms with Crippen LogP contribution in [0, 0.1) is 0 Å². The molecule has 3 rings (SSSR count). The quantitative estimate of drug-likeness (QED) is 0.651. The molecule has 5 nitrogen and oxygen atoms in total. The predicted molar refractivity (Wildman–Crippen MR) is 78.1 cm³/mol. The van der Waals surface area contributed by atoms with E-state index in [4.69, 9.17) is 11.5 Å². The van der Waals surface area contributed by atoms with E-state index >= 15 is 0 Å². The summed E-state index contributed by atoms with van der Waals surface area (Å²) in [5.74, 6) is 0.961. The zero-order valence-corrected chi connectivity index (χ0v) is 10.2. The van der Waals surface area contributed by atoms with Crippen molar-refractivity contribution in [1.29, 1.82) is 0 Å². The number of hydrogen-bond donors (Lipinski definition) is 3. The van der Waals surface area contributed by atoms with Crippen molar-refractivity contribution in [1.82, 2.24) is 9.97 Å². The number of pyridine rings is 2. The molecule has 0 amide bonds. The van der Waals surface area contributed by atoms with E-state index in [1.807, 2.05) is 30.3 Å². The summed E-state index contributed by atoms with van der Waals surface area (Å²) in [6.07, 6.45) is 1.76. The van der Waals surface area contributed by atoms with Crippen molar-refractivity contribution in [3.8, 4) is 0 Å². The first-order valence-electron chi connectivity index (χ1n) is 5.87. The number of nitrogens with two attached hydrogens (primary N) is 2. The lowest BCUT2D eigenvalue weighted by Crippen LogP contribution is -2.01. The van der Waals surface area contributed by atoms with Crippen LogP contribution in [0.2, 0.25) is 0 Å². The molecule has 0 bridgehead atoms. The average molecular weight is 251 g/mol. The standard InChI is InChI=1S/C14H13N5/c15-10-6-7-12(19-14(10)16)18-11-5-1-3-9-4-2-8-17-13(9)11/h1-8H,15H2,(H3,16,18,19). The van der Waals surface area contributed by atoms with Crippen LogP contribution >= 0.6 is 0 Å². The Morgan fingerprint density at radius 2 is 1.79 bits per heavy atom. The van der Waals surface area contributed by atoms with Gasteiger partial charge >= 0.3 is 0 Å². The number of para-hydroxylation sites is 1. The fraction of sp³-hybridized carbons (Fsp3) is 0. The van der Waals surface area contributed by atoms with E-state index in [1.165, 1.54) is 0 Å². The molecule has 0 fully saturated rings. The number of nitrogens with zero attached hydrogens (tertiary/aromatic N) is 2. The van der Waals surface area contributed by atoms with Gasteiger partial charge in [-0.05, 0) is 24.3 Å². The Labute approximate surface area is 110 Å². The molecule has 3 aromatic rings. The highest BCUT2D eigenvalue weighted by molar-refractivity contribution is 5.91. The van der Waals surface area contributed by atoms with Crippen LogP contribution in [-0.4, -0.2) is 9.97 Å². The van der Waals surface area contributed by atoms with Crippen LogP contribution in [0.4, 0.5) is 23.0 Å². The topological polar surface area (TPSA) is 89.8 Å². The lowest BCUT2D eigenvalue weighted by molar-refractivity contribution is 1.31. The van der Waals surface area contributed by atoms with Crippen LogP contribution in [-0.2, 0) is 0 Å². The lowest BCUT2D eigenvalue weighted by atomic mass is 10.2. The van der Waals surface area contributed by atoms with Crippen molar-refractivity contribution in [2.24, 2.45) is 0 Å². The fourth-order valence-electron chi connectivity index (χ4n) is 1.90. The third-order valence-electron chi connectivity index (χ3n) is 2.85. The Hall–Kier alpha value is -2.82. The zero-order valence-electron chi connectivity index (χ0n) is 10.2. The second-order valence-corrected chi connectivity index (χ2v) is 4.18. The lowest BCUT2D eigenvalue weighted by Gasteiger charge is -2.09. The largest absolute Gasteiger partial charge is 0.396 e. The number of hydrogen-bond acceptors (Lipinski definition) is 5. The van der Waals surface area contributed by atoms with Crippen molar-refractivity contribution in [3.05, 3.63) is 48.7 Å². The third-order valence-corrected chi connectivity index (χ3v) is 2.85. The van der Waals surface area contributed by atoms with Crippen LogP contribution in [0.5, 0.6) is 0 Å². The predicted octanol–water partition coefficient (Wildman–Crippen LogP) is 2.54. The molecule has 2 heterocycles. The van der Waals surface area contributed by atoms with Crippen LogP contribution in [0.1, 0.15) is 0 Å². The minimum Gasteiger partial charge on any atom is -0.396 e. The fourth-order valence-corrected chi connectivity index (χ4v) is 1.90. The first-order valence-corrected chi connectivity index (χ1v) is 5.87. The number of nitrogen functional groups attached to an aromatic ring is 2. The number of anilines is 4.